The van der Waals surface area contributed by atoms with Crippen LogP contribution >= 0.6 is 0 Å². The summed E-state index contributed by atoms with van der Waals surface area (Å²) in [5, 5.41) is 0. The molecule has 0 bridgehead atoms. The fraction of sp³-hybridized carbons (Fsp3) is 0.455. The topological polar surface area (TPSA) is 35.2 Å². The lowest BCUT2D eigenvalue weighted by atomic mass is 10.1. The highest BCUT2D eigenvalue weighted by Gasteiger charge is 2.30. The first-order valence-corrected chi connectivity index (χ1v) is 4.94. The van der Waals surface area contributed by atoms with Crippen LogP contribution in [0.1, 0.15) is 12.5 Å². The summed E-state index contributed by atoms with van der Waals surface area (Å²) in [6.45, 7) is 0.750. The van der Waals surface area contributed by atoms with Crippen LogP contribution in [-0.4, -0.2) is 18.8 Å². The van der Waals surface area contributed by atoms with Gasteiger partial charge in [-0.3, -0.25) is 0 Å². The molecule has 0 aliphatic carbocycles. The normalized spacial score (nSPS) is 15.4. The second kappa shape index (κ2) is 4.91. The van der Waals surface area contributed by atoms with Gasteiger partial charge in [0.05, 0.1) is 5.56 Å². The predicted molar refractivity (Wildman–Crippen MR) is 55.5 cm³/mol. The lowest BCUT2D eigenvalue weighted by Crippen LogP contribution is -2.35. The molecule has 1 atom stereocenters. The number of hydrogen-bond acceptors (Lipinski definition) is 2. The van der Waals surface area contributed by atoms with Gasteiger partial charge in [0.25, 0.3) is 0 Å². The average molecular weight is 251 g/mol. The number of rotatable bonds is 4. The van der Waals surface area contributed by atoms with E-state index in [1.165, 1.54) is 6.92 Å². The van der Waals surface area contributed by atoms with E-state index in [1.54, 1.807) is 0 Å². The standard InChI is InChI=1S/C11H13F4NO/c1-10(12,6-16)7-17-9-4-2-8(3-5-9)11(13,14)15/h2-5H,6-7,16H2,1H3. The van der Waals surface area contributed by atoms with Gasteiger partial charge < -0.3 is 10.5 Å². The van der Waals surface area contributed by atoms with E-state index in [0.29, 0.717) is 0 Å². The molecule has 0 aliphatic heterocycles. The molecule has 0 saturated heterocycles. The van der Waals surface area contributed by atoms with Gasteiger partial charge in [-0.1, -0.05) is 0 Å². The van der Waals surface area contributed by atoms with E-state index in [9.17, 15) is 17.6 Å². The molecule has 0 radical (unpaired) electrons. The van der Waals surface area contributed by atoms with Crippen LogP contribution in [0.5, 0.6) is 5.75 Å². The van der Waals surface area contributed by atoms with Crippen molar-refractivity contribution in [3.63, 3.8) is 0 Å². The van der Waals surface area contributed by atoms with Gasteiger partial charge in [0.1, 0.15) is 12.4 Å². The molecular weight excluding hydrogens is 238 g/mol. The van der Waals surface area contributed by atoms with E-state index in [0.717, 1.165) is 24.3 Å². The van der Waals surface area contributed by atoms with Gasteiger partial charge in [0.15, 0.2) is 5.67 Å². The molecule has 17 heavy (non-hydrogen) atoms. The Balaban J connectivity index is 2.64. The zero-order chi connectivity index (χ0) is 13.1. The zero-order valence-electron chi connectivity index (χ0n) is 9.22. The number of ether oxygens (including phenoxy) is 1. The van der Waals surface area contributed by atoms with Crippen LogP contribution in [0, 0.1) is 0 Å². The number of nitrogens with two attached hydrogens (primary N) is 1. The molecule has 0 amide bonds. The predicted octanol–water partition coefficient (Wildman–Crippen LogP) is 2.77. The summed E-state index contributed by atoms with van der Waals surface area (Å²) in [4.78, 5) is 0. The van der Waals surface area contributed by atoms with E-state index < -0.39 is 17.4 Å². The SMILES string of the molecule is CC(F)(CN)COc1ccc(C(F)(F)F)cc1. The van der Waals surface area contributed by atoms with Crippen LogP contribution in [0.25, 0.3) is 0 Å². The molecule has 96 valence electrons. The number of hydrogen-bond donors (Lipinski definition) is 1. The van der Waals surface area contributed by atoms with Gasteiger partial charge in [0, 0.05) is 6.54 Å². The van der Waals surface area contributed by atoms with Gasteiger partial charge in [-0.15, -0.1) is 0 Å². The largest absolute Gasteiger partial charge is 0.490 e. The van der Waals surface area contributed by atoms with Crippen molar-refractivity contribution in [1.29, 1.82) is 0 Å². The summed E-state index contributed by atoms with van der Waals surface area (Å²) in [6, 6.07) is 4.06. The van der Waals surface area contributed by atoms with Gasteiger partial charge in [-0.05, 0) is 31.2 Å². The maximum Gasteiger partial charge on any atom is 0.416 e. The van der Waals surface area contributed by atoms with E-state index in [4.69, 9.17) is 10.5 Å². The highest BCUT2D eigenvalue weighted by atomic mass is 19.4. The summed E-state index contributed by atoms with van der Waals surface area (Å²) < 4.78 is 55.0. The van der Waals surface area contributed by atoms with E-state index >= 15 is 0 Å². The molecule has 0 aliphatic rings. The smallest absolute Gasteiger partial charge is 0.416 e. The van der Waals surface area contributed by atoms with Gasteiger partial charge in [-0.2, -0.15) is 13.2 Å². The maximum atomic E-state index is 13.3. The van der Waals surface area contributed by atoms with Crippen LogP contribution in [0.4, 0.5) is 17.6 Å². The monoisotopic (exact) mass is 251 g/mol. The third kappa shape index (κ3) is 4.22. The van der Waals surface area contributed by atoms with Crippen LogP contribution in [-0.2, 0) is 6.18 Å². The molecule has 0 saturated carbocycles. The van der Waals surface area contributed by atoms with Crippen LogP contribution in [0.15, 0.2) is 24.3 Å². The lowest BCUT2D eigenvalue weighted by molar-refractivity contribution is -0.137. The first-order chi connectivity index (χ1) is 7.74. The Morgan fingerprint density at radius 3 is 2.06 bits per heavy atom. The van der Waals surface area contributed by atoms with E-state index in [2.05, 4.69) is 0 Å². The fourth-order valence-electron chi connectivity index (χ4n) is 1.03. The second-order valence-corrected chi connectivity index (χ2v) is 3.93. The molecule has 0 heterocycles. The zero-order valence-corrected chi connectivity index (χ0v) is 9.22. The van der Waals surface area contributed by atoms with Crippen molar-refractivity contribution in [3.8, 4) is 5.75 Å². The Morgan fingerprint density at radius 1 is 1.12 bits per heavy atom. The highest BCUT2D eigenvalue weighted by Crippen LogP contribution is 2.30. The van der Waals surface area contributed by atoms with Crippen molar-refractivity contribution in [2.24, 2.45) is 5.73 Å². The highest BCUT2D eigenvalue weighted by molar-refractivity contribution is 5.28. The molecular formula is C11H13F4NO. The summed E-state index contributed by atoms with van der Waals surface area (Å²) in [7, 11) is 0. The Kier molecular flexibility index (Phi) is 3.98. The fourth-order valence-corrected chi connectivity index (χ4v) is 1.03. The van der Waals surface area contributed by atoms with E-state index in [1.807, 2.05) is 0 Å². The van der Waals surface area contributed by atoms with Crippen molar-refractivity contribution in [2.75, 3.05) is 13.2 Å². The van der Waals surface area contributed by atoms with Crippen LogP contribution in [0.2, 0.25) is 0 Å². The average Bonchev–Trinajstić information content (AvgIpc) is 2.26. The molecule has 0 spiro atoms. The third-order valence-electron chi connectivity index (χ3n) is 2.15. The number of benzene rings is 1. The molecule has 0 aromatic heterocycles. The molecule has 1 unspecified atom stereocenters. The first kappa shape index (κ1) is 13.8. The van der Waals surface area contributed by atoms with Crippen molar-refractivity contribution in [1.82, 2.24) is 0 Å². The first-order valence-electron chi connectivity index (χ1n) is 4.94. The third-order valence-corrected chi connectivity index (χ3v) is 2.15. The van der Waals surface area contributed by atoms with Gasteiger partial charge >= 0.3 is 6.18 Å². The minimum atomic E-state index is -4.38. The summed E-state index contributed by atoms with van der Waals surface area (Å²) >= 11 is 0. The molecule has 1 rings (SSSR count). The van der Waals surface area contributed by atoms with E-state index in [-0.39, 0.29) is 18.9 Å². The Morgan fingerprint density at radius 2 is 1.65 bits per heavy atom. The van der Waals surface area contributed by atoms with Crippen molar-refractivity contribution < 1.29 is 22.3 Å². The summed E-state index contributed by atoms with van der Waals surface area (Å²) in [6.07, 6.45) is -4.38. The molecule has 1 aromatic carbocycles. The van der Waals surface area contributed by atoms with Gasteiger partial charge in [0.2, 0.25) is 0 Å². The Labute approximate surface area is 96.4 Å². The quantitative estimate of drug-likeness (QED) is 0.835. The molecule has 2 N–H and O–H groups in total. The van der Waals surface area contributed by atoms with Crippen LogP contribution in [0.3, 0.4) is 0 Å². The second-order valence-electron chi connectivity index (χ2n) is 3.93. The molecule has 0 fully saturated rings. The maximum absolute atomic E-state index is 13.3. The summed E-state index contributed by atoms with van der Waals surface area (Å²) in [5.41, 5.74) is 2.68. The van der Waals surface area contributed by atoms with Crippen molar-refractivity contribution in [2.45, 2.75) is 18.8 Å². The number of halogens is 4. The lowest BCUT2D eigenvalue weighted by Gasteiger charge is -2.18. The minimum Gasteiger partial charge on any atom is -0.490 e. The Bertz CT molecular complexity index is 359. The van der Waals surface area contributed by atoms with Crippen molar-refractivity contribution in [3.05, 3.63) is 29.8 Å². The van der Waals surface area contributed by atoms with Gasteiger partial charge in [-0.25, -0.2) is 4.39 Å². The van der Waals surface area contributed by atoms with Crippen LogP contribution < -0.4 is 10.5 Å². The molecule has 1 aromatic rings. The summed E-state index contributed by atoms with van der Waals surface area (Å²) in [5.74, 6) is 0.176. The minimum absolute atomic E-state index is 0.176. The molecule has 6 heteroatoms. The Hall–Kier alpha value is -1.30. The van der Waals surface area contributed by atoms with Crippen molar-refractivity contribution >= 4 is 0 Å². The molecule has 2 nitrogen and oxygen atoms in total. The number of alkyl halides is 4.